The molecule has 1 fully saturated rings. The molecule has 1 heterocycles. The van der Waals surface area contributed by atoms with E-state index >= 15 is 0 Å². The zero-order valence-electron chi connectivity index (χ0n) is 6.46. The molecule has 1 aliphatic rings. The van der Waals surface area contributed by atoms with Gasteiger partial charge in [-0.2, -0.15) is 0 Å². The summed E-state index contributed by atoms with van der Waals surface area (Å²) in [6.07, 6.45) is -0.266. The normalized spacial score (nSPS) is 30.4. The lowest BCUT2D eigenvalue weighted by Crippen LogP contribution is -2.17. The quantitative estimate of drug-likeness (QED) is 0.423. The first kappa shape index (κ1) is 7.54. The van der Waals surface area contributed by atoms with E-state index in [1.54, 1.807) is 0 Å². The molecule has 0 radical (unpaired) electrons. The Morgan fingerprint density at radius 2 is 2.10 bits per heavy atom. The molecule has 0 N–H and O–H groups in total. The average Bonchev–Trinajstić information content (AvgIpc) is 2.44. The van der Waals surface area contributed by atoms with Gasteiger partial charge in [0.25, 0.3) is 0 Å². The van der Waals surface area contributed by atoms with E-state index in [0.29, 0.717) is 0 Å². The number of hydrogen-bond donors (Lipinski definition) is 0. The van der Waals surface area contributed by atoms with Crippen LogP contribution in [-0.4, -0.2) is 24.3 Å². The van der Waals surface area contributed by atoms with Gasteiger partial charge in [-0.1, -0.05) is 0 Å². The van der Waals surface area contributed by atoms with Gasteiger partial charge in [-0.05, 0) is 20.8 Å². The van der Waals surface area contributed by atoms with Crippen LogP contribution in [0.1, 0.15) is 20.8 Å². The van der Waals surface area contributed by atoms with Gasteiger partial charge in [0, 0.05) is 0 Å². The van der Waals surface area contributed by atoms with Crippen molar-refractivity contribution in [2.75, 3.05) is 0 Å². The summed E-state index contributed by atoms with van der Waals surface area (Å²) in [4.78, 5) is 10.9. The SMILES string of the molecule is CC(C)OC(=O)[C@H]1O[C@H]1C. The summed E-state index contributed by atoms with van der Waals surface area (Å²) < 4.78 is 9.79. The standard InChI is InChI=1S/C7H12O3/c1-4(2)9-7(8)6-5(3)10-6/h4-6H,1-3H3/t5-,6-/m0/s1. The Kier molecular flexibility index (Phi) is 1.94. The average molecular weight is 144 g/mol. The van der Waals surface area contributed by atoms with Crippen LogP contribution in [0.2, 0.25) is 0 Å². The third-order valence-electron chi connectivity index (χ3n) is 1.30. The minimum Gasteiger partial charge on any atom is -0.461 e. The first-order valence-electron chi connectivity index (χ1n) is 3.47. The number of carbonyl (C=O) groups excluding carboxylic acids is 1. The number of epoxide rings is 1. The number of rotatable bonds is 2. The number of ether oxygens (including phenoxy) is 2. The van der Waals surface area contributed by atoms with E-state index in [0.717, 1.165) is 0 Å². The predicted molar refractivity (Wildman–Crippen MR) is 35.6 cm³/mol. The second-order valence-corrected chi connectivity index (χ2v) is 2.75. The smallest absolute Gasteiger partial charge is 0.338 e. The summed E-state index contributed by atoms with van der Waals surface area (Å²) in [5.74, 6) is -0.234. The molecule has 1 saturated heterocycles. The number of esters is 1. The third-order valence-corrected chi connectivity index (χ3v) is 1.30. The van der Waals surface area contributed by atoms with Crippen LogP contribution in [0.15, 0.2) is 0 Å². The minimum absolute atomic E-state index is 0.0381. The summed E-state index contributed by atoms with van der Waals surface area (Å²) in [7, 11) is 0. The van der Waals surface area contributed by atoms with Crippen LogP contribution in [0.25, 0.3) is 0 Å². The molecule has 0 aliphatic carbocycles. The van der Waals surface area contributed by atoms with Crippen molar-refractivity contribution in [1.29, 1.82) is 0 Å². The fraction of sp³-hybridized carbons (Fsp3) is 0.857. The van der Waals surface area contributed by atoms with Crippen molar-refractivity contribution in [3.63, 3.8) is 0 Å². The van der Waals surface area contributed by atoms with Crippen molar-refractivity contribution in [3.05, 3.63) is 0 Å². The van der Waals surface area contributed by atoms with Gasteiger partial charge in [-0.3, -0.25) is 0 Å². The molecule has 3 nitrogen and oxygen atoms in total. The predicted octanol–water partition coefficient (Wildman–Crippen LogP) is 0.725. The highest BCUT2D eigenvalue weighted by Gasteiger charge is 2.42. The van der Waals surface area contributed by atoms with Crippen LogP contribution in [0.3, 0.4) is 0 Å². The first-order chi connectivity index (χ1) is 4.61. The van der Waals surface area contributed by atoms with E-state index < -0.39 is 0 Å². The van der Waals surface area contributed by atoms with Crippen LogP contribution < -0.4 is 0 Å². The molecular formula is C7H12O3. The molecular weight excluding hydrogens is 132 g/mol. The Morgan fingerprint density at radius 1 is 1.60 bits per heavy atom. The van der Waals surface area contributed by atoms with E-state index in [4.69, 9.17) is 9.47 Å². The summed E-state index contributed by atoms with van der Waals surface area (Å²) >= 11 is 0. The zero-order valence-corrected chi connectivity index (χ0v) is 6.46. The highest BCUT2D eigenvalue weighted by Crippen LogP contribution is 2.22. The van der Waals surface area contributed by atoms with E-state index in [2.05, 4.69) is 0 Å². The highest BCUT2D eigenvalue weighted by molar-refractivity contribution is 5.77. The molecule has 2 atom stereocenters. The monoisotopic (exact) mass is 144 g/mol. The van der Waals surface area contributed by atoms with Gasteiger partial charge in [-0.15, -0.1) is 0 Å². The molecule has 0 saturated carbocycles. The van der Waals surface area contributed by atoms with Crippen molar-refractivity contribution in [2.24, 2.45) is 0 Å². The van der Waals surface area contributed by atoms with Gasteiger partial charge in [0.2, 0.25) is 0 Å². The first-order valence-corrected chi connectivity index (χ1v) is 3.47. The highest BCUT2D eigenvalue weighted by atomic mass is 16.6. The number of hydrogen-bond acceptors (Lipinski definition) is 3. The van der Waals surface area contributed by atoms with Crippen molar-refractivity contribution >= 4 is 5.97 Å². The molecule has 0 unspecified atom stereocenters. The van der Waals surface area contributed by atoms with Crippen LogP contribution in [0.5, 0.6) is 0 Å². The molecule has 58 valence electrons. The van der Waals surface area contributed by atoms with Crippen LogP contribution in [-0.2, 0) is 14.3 Å². The maximum Gasteiger partial charge on any atom is 0.338 e. The molecule has 0 spiro atoms. The molecule has 1 rings (SSSR count). The molecule has 0 aromatic rings. The maximum atomic E-state index is 10.9. The summed E-state index contributed by atoms with van der Waals surface area (Å²) in [5, 5.41) is 0. The van der Waals surface area contributed by atoms with Crippen molar-refractivity contribution in [1.82, 2.24) is 0 Å². The van der Waals surface area contributed by atoms with E-state index in [1.807, 2.05) is 20.8 Å². The summed E-state index contributed by atoms with van der Waals surface area (Å²) in [6, 6.07) is 0. The van der Waals surface area contributed by atoms with Crippen molar-refractivity contribution in [2.45, 2.75) is 39.1 Å². The Morgan fingerprint density at radius 3 is 2.40 bits per heavy atom. The molecule has 0 bridgehead atoms. The van der Waals surface area contributed by atoms with Gasteiger partial charge in [0.05, 0.1) is 12.2 Å². The summed E-state index contributed by atoms with van der Waals surface area (Å²) in [6.45, 7) is 5.50. The van der Waals surface area contributed by atoms with Gasteiger partial charge in [0.15, 0.2) is 6.10 Å². The van der Waals surface area contributed by atoms with Crippen LogP contribution in [0, 0.1) is 0 Å². The Hall–Kier alpha value is -0.570. The van der Waals surface area contributed by atoms with E-state index in [-0.39, 0.29) is 24.3 Å². The molecule has 1 aliphatic heterocycles. The van der Waals surface area contributed by atoms with E-state index in [1.165, 1.54) is 0 Å². The molecule has 0 aromatic carbocycles. The number of carbonyl (C=O) groups is 1. The topological polar surface area (TPSA) is 38.8 Å². The summed E-state index contributed by atoms with van der Waals surface area (Å²) in [5.41, 5.74) is 0. The molecule has 3 heteroatoms. The molecule has 0 aromatic heterocycles. The second kappa shape index (κ2) is 2.58. The largest absolute Gasteiger partial charge is 0.461 e. The Bertz CT molecular complexity index is 142. The van der Waals surface area contributed by atoms with Crippen molar-refractivity contribution in [3.8, 4) is 0 Å². The van der Waals surface area contributed by atoms with Gasteiger partial charge < -0.3 is 9.47 Å². The maximum absolute atomic E-state index is 10.9. The van der Waals surface area contributed by atoms with Gasteiger partial charge in [0.1, 0.15) is 0 Å². The van der Waals surface area contributed by atoms with E-state index in [9.17, 15) is 4.79 Å². The Labute approximate surface area is 60.3 Å². The van der Waals surface area contributed by atoms with Gasteiger partial charge >= 0.3 is 5.97 Å². The lowest BCUT2D eigenvalue weighted by Gasteiger charge is -2.04. The molecule has 10 heavy (non-hydrogen) atoms. The van der Waals surface area contributed by atoms with Crippen LogP contribution >= 0.6 is 0 Å². The second-order valence-electron chi connectivity index (χ2n) is 2.75. The third kappa shape index (κ3) is 1.70. The van der Waals surface area contributed by atoms with Gasteiger partial charge in [-0.25, -0.2) is 4.79 Å². The fourth-order valence-corrected chi connectivity index (χ4v) is 0.732. The molecule has 0 amide bonds. The lowest BCUT2D eigenvalue weighted by molar-refractivity contribution is -0.148. The van der Waals surface area contributed by atoms with Crippen LogP contribution in [0.4, 0.5) is 0 Å². The lowest BCUT2D eigenvalue weighted by atomic mass is 10.3. The minimum atomic E-state index is -0.289. The fourth-order valence-electron chi connectivity index (χ4n) is 0.732. The van der Waals surface area contributed by atoms with Crippen molar-refractivity contribution < 1.29 is 14.3 Å². The Balaban J connectivity index is 2.23. The zero-order chi connectivity index (χ0) is 7.72.